The first-order valence-corrected chi connectivity index (χ1v) is 7.24. The second-order valence-corrected chi connectivity index (χ2v) is 4.91. The Bertz CT molecular complexity index is 450. The fourth-order valence-corrected chi connectivity index (χ4v) is 2.27. The third kappa shape index (κ3) is 4.44. The van der Waals surface area contributed by atoms with Gasteiger partial charge in [0.2, 0.25) is 0 Å². The van der Waals surface area contributed by atoms with Crippen LogP contribution in [0.2, 0.25) is 0 Å². The third-order valence-corrected chi connectivity index (χ3v) is 3.42. The minimum Gasteiger partial charge on any atom is -0.371 e. The van der Waals surface area contributed by atoms with Crippen LogP contribution in [0.3, 0.4) is 0 Å². The van der Waals surface area contributed by atoms with E-state index in [1.165, 1.54) is 24.1 Å². The maximum atomic E-state index is 2.50. The summed E-state index contributed by atoms with van der Waals surface area (Å²) in [7, 11) is 0. The molecule has 0 heterocycles. The van der Waals surface area contributed by atoms with Crippen molar-refractivity contribution in [1.82, 2.24) is 0 Å². The third-order valence-electron chi connectivity index (χ3n) is 3.42. The Morgan fingerprint density at radius 3 is 2.05 bits per heavy atom. The van der Waals surface area contributed by atoms with Gasteiger partial charge in [0.1, 0.15) is 0 Å². The topological polar surface area (TPSA) is 3.24 Å². The average molecular weight is 253 g/mol. The minimum atomic E-state index is 1.09. The monoisotopic (exact) mass is 253 g/mol. The summed E-state index contributed by atoms with van der Waals surface area (Å²) in [4.78, 5) is 2.50. The van der Waals surface area contributed by atoms with E-state index in [0.717, 1.165) is 19.5 Å². The highest BCUT2D eigenvalue weighted by Gasteiger charge is 2.05. The van der Waals surface area contributed by atoms with Crippen LogP contribution in [0.15, 0.2) is 60.7 Å². The molecule has 1 nitrogen and oxygen atoms in total. The molecular weight excluding hydrogens is 230 g/mol. The molecule has 1 heteroatoms. The second-order valence-electron chi connectivity index (χ2n) is 4.91. The van der Waals surface area contributed by atoms with E-state index in [9.17, 15) is 0 Å². The molecule has 0 aromatic heterocycles. The van der Waals surface area contributed by atoms with Crippen LogP contribution in [0.25, 0.3) is 0 Å². The summed E-state index contributed by atoms with van der Waals surface area (Å²) in [6.07, 6.45) is 3.61. The zero-order valence-corrected chi connectivity index (χ0v) is 11.8. The first kappa shape index (κ1) is 13.7. The fourth-order valence-electron chi connectivity index (χ4n) is 2.27. The molecule has 0 saturated heterocycles. The molecule has 0 spiro atoms. The molecule has 0 aliphatic heterocycles. The highest BCUT2D eigenvalue weighted by Crippen LogP contribution is 2.15. The molecule has 0 amide bonds. The van der Waals surface area contributed by atoms with Crippen molar-refractivity contribution in [2.24, 2.45) is 0 Å². The van der Waals surface area contributed by atoms with Crippen LogP contribution in [0.4, 0.5) is 5.69 Å². The maximum absolute atomic E-state index is 2.50. The standard InChI is InChI=1S/C18H23N/c1-2-3-15-19(18-12-8-5-9-13-18)16-14-17-10-6-4-7-11-17/h4-13H,2-3,14-16H2,1H3. The van der Waals surface area contributed by atoms with E-state index in [-0.39, 0.29) is 0 Å². The van der Waals surface area contributed by atoms with Crippen LogP contribution in [0.5, 0.6) is 0 Å². The Morgan fingerprint density at radius 1 is 0.789 bits per heavy atom. The number of hydrogen-bond acceptors (Lipinski definition) is 1. The Balaban J connectivity index is 1.98. The summed E-state index contributed by atoms with van der Waals surface area (Å²) in [5.74, 6) is 0. The molecule has 19 heavy (non-hydrogen) atoms. The van der Waals surface area contributed by atoms with Crippen LogP contribution >= 0.6 is 0 Å². The van der Waals surface area contributed by atoms with E-state index in [1.807, 2.05) is 0 Å². The zero-order valence-electron chi connectivity index (χ0n) is 11.8. The van der Waals surface area contributed by atoms with Crippen LogP contribution < -0.4 is 4.90 Å². The van der Waals surface area contributed by atoms with Crippen molar-refractivity contribution in [3.05, 3.63) is 66.2 Å². The molecule has 0 bridgehead atoms. The quantitative estimate of drug-likeness (QED) is 0.700. The average Bonchev–Trinajstić information content (AvgIpc) is 2.49. The molecule has 100 valence electrons. The lowest BCUT2D eigenvalue weighted by Crippen LogP contribution is -2.26. The molecular formula is C18H23N. The summed E-state index contributed by atoms with van der Waals surface area (Å²) in [5, 5.41) is 0. The van der Waals surface area contributed by atoms with Crippen LogP contribution in [-0.2, 0) is 6.42 Å². The van der Waals surface area contributed by atoms with E-state index < -0.39 is 0 Å². The molecule has 0 saturated carbocycles. The predicted octanol–water partition coefficient (Wildman–Crippen LogP) is 4.54. The summed E-state index contributed by atoms with van der Waals surface area (Å²) < 4.78 is 0. The van der Waals surface area contributed by atoms with Gasteiger partial charge in [0.25, 0.3) is 0 Å². The van der Waals surface area contributed by atoms with Crippen molar-refractivity contribution < 1.29 is 0 Å². The highest BCUT2D eigenvalue weighted by atomic mass is 15.1. The van der Waals surface area contributed by atoms with Gasteiger partial charge in [-0.15, -0.1) is 0 Å². The first-order chi connectivity index (χ1) is 9.40. The van der Waals surface area contributed by atoms with Crippen molar-refractivity contribution in [1.29, 1.82) is 0 Å². The number of anilines is 1. The van der Waals surface area contributed by atoms with Crippen LogP contribution in [0.1, 0.15) is 25.3 Å². The molecule has 0 atom stereocenters. The number of nitrogens with zero attached hydrogens (tertiary/aromatic N) is 1. The Hall–Kier alpha value is -1.76. The molecule has 0 fully saturated rings. The van der Waals surface area contributed by atoms with E-state index in [2.05, 4.69) is 72.5 Å². The van der Waals surface area contributed by atoms with Crippen molar-refractivity contribution in [2.75, 3.05) is 18.0 Å². The van der Waals surface area contributed by atoms with Gasteiger partial charge in [-0.2, -0.15) is 0 Å². The second kappa shape index (κ2) is 7.63. The molecule has 0 radical (unpaired) electrons. The van der Waals surface area contributed by atoms with Gasteiger partial charge in [-0.25, -0.2) is 0 Å². The van der Waals surface area contributed by atoms with E-state index in [0.29, 0.717) is 0 Å². The van der Waals surface area contributed by atoms with Gasteiger partial charge in [-0.1, -0.05) is 61.9 Å². The number of benzene rings is 2. The Kier molecular flexibility index (Phi) is 5.49. The fraction of sp³-hybridized carbons (Fsp3) is 0.333. The number of rotatable bonds is 7. The summed E-state index contributed by atoms with van der Waals surface area (Å²) in [5.41, 5.74) is 2.76. The molecule has 2 aromatic rings. The van der Waals surface area contributed by atoms with Gasteiger partial charge >= 0.3 is 0 Å². The van der Waals surface area contributed by atoms with Crippen molar-refractivity contribution >= 4 is 5.69 Å². The summed E-state index contributed by atoms with van der Waals surface area (Å²) in [6.45, 7) is 4.49. The molecule has 0 N–H and O–H groups in total. The Labute approximate surface area is 116 Å². The van der Waals surface area contributed by atoms with Crippen molar-refractivity contribution in [3.63, 3.8) is 0 Å². The minimum absolute atomic E-state index is 1.09. The van der Waals surface area contributed by atoms with Crippen LogP contribution in [-0.4, -0.2) is 13.1 Å². The molecule has 2 rings (SSSR count). The lowest BCUT2D eigenvalue weighted by atomic mass is 10.1. The lowest BCUT2D eigenvalue weighted by Gasteiger charge is -2.24. The van der Waals surface area contributed by atoms with Crippen LogP contribution in [0, 0.1) is 0 Å². The van der Waals surface area contributed by atoms with Gasteiger partial charge in [0.05, 0.1) is 0 Å². The van der Waals surface area contributed by atoms with Gasteiger partial charge in [0.15, 0.2) is 0 Å². The number of unbranched alkanes of at least 4 members (excludes halogenated alkanes) is 1. The normalized spacial score (nSPS) is 10.4. The molecule has 2 aromatic carbocycles. The Morgan fingerprint density at radius 2 is 1.42 bits per heavy atom. The predicted molar refractivity (Wildman–Crippen MR) is 83.7 cm³/mol. The first-order valence-electron chi connectivity index (χ1n) is 7.24. The maximum Gasteiger partial charge on any atom is 0.0366 e. The SMILES string of the molecule is CCCCN(CCc1ccccc1)c1ccccc1. The van der Waals surface area contributed by atoms with E-state index in [1.54, 1.807) is 0 Å². The number of para-hydroxylation sites is 1. The molecule has 0 aliphatic carbocycles. The van der Waals surface area contributed by atoms with Gasteiger partial charge in [0, 0.05) is 18.8 Å². The van der Waals surface area contributed by atoms with E-state index >= 15 is 0 Å². The smallest absolute Gasteiger partial charge is 0.0366 e. The lowest BCUT2D eigenvalue weighted by molar-refractivity contribution is 0.711. The summed E-state index contributed by atoms with van der Waals surface area (Å²) >= 11 is 0. The molecule has 0 unspecified atom stereocenters. The van der Waals surface area contributed by atoms with Gasteiger partial charge in [-0.3, -0.25) is 0 Å². The van der Waals surface area contributed by atoms with Gasteiger partial charge in [-0.05, 0) is 30.5 Å². The van der Waals surface area contributed by atoms with Crippen molar-refractivity contribution in [2.45, 2.75) is 26.2 Å². The summed E-state index contributed by atoms with van der Waals surface area (Å²) in [6, 6.07) is 21.5. The van der Waals surface area contributed by atoms with Gasteiger partial charge < -0.3 is 4.90 Å². The largest absolute Gasteiger partial charge is 0.371 e. The zero-order chi connectivity index (χ0) is 13.3. The number of hydrogen-bond donors (Lipinski definition) is 0. The highest BCUT2D eigenvalue weighted by molar-refractivity contribution is 5.46. The van der Waals surface area contributed by atoms with E-state index in [4.69, 9.17) is 0 Å². The molecule has 0 aliphatic rings. The van der Waals surface area contributed by atoms with Crippen molar-refractivity contribution in [3.8, 4) is 0 Å².